The van der Waals surface area contributed by atoms with E-state index >= 15 is 0 Å². The minimum atomic E-state index is -0.164. The van der Waals surface area contributed by atoms with Crippen molar-refractivity contribution in [1.82, 2.24) is 24.5 Å². The number of aromatic nitrogens is 5. The Hall–Kier alpha value is -3.42. The summed E-state index contributed by atoms with van der Waals surface area (Å²) in [7, 11) is 0. The second kappa shape index (κ2) is 6.60. The van der Waals surface area contributed by atoms with E-state index in [1.54, 1.807) is 10.7 Å². The van der Waals surface area contributed by atoms with Crippen LogP contribution in [0.3, 0.4) is 0 Å². The van der Waals surface area contributed by atoms with Crippen LogP contribution in [0.4, 0.5) is 0 Å². The first-order valence-corrected chi connectivity index (χ1v) is 7.79. The van der Waals surface area contributed by atoms with E-state index in [1.165, 1.54) is 23.4 Å². The highest BCUT2D eigenvalue weighted by Gasteiger charge is 2.11. The summed E-state index contributed by atoms with van der Waals surface area (Å²) in [5.74, 6) is 0.793. The quantitative estimate of drug-likeness (QED) is 0.532. The number of rotatable bonds is 6. The van der Waals surface area contributed by atoms with Crippen LogP contribution < -0.4 is 10.3 Å². The summed E-state index contributed by atoms with van der Waals surface area (Å²) in [6.45, 7) is 1.24. The van der Waals surface area contributed by atoms with E-state index in [0.29, 0.717) is 36.4 Å². The summed E-state index contributed by atoms with van der Waals surface area (Å²) in [5, 5.41) is 8.52. The Kier molecular flexibility index (Phi) is 3.99. The first-order chi connectivity index (χ1) is 12.3. The van der Waals surface area contributed by atoms with E-state index in [2.05, 4.69) is 15.2 Å². The molecule has 1 aromatic carbocycles. The predicted octanol–water partition coefficient (Wildman–Crippen LogP) is 1.71. The van der Waals surface area contributed by atoms with Crippen LogP contribution in [-0.2, 0) is 13.1 Å². The van der Waals surface area contributed by atoms with Gasteiger partial charge < -0.3 is 9.26 Å². The molecular weight excluding hydrogens is 322 g/mol. The zero-order valence-electron chi connectivity index (χ0n) is 13.3. The lowest BCUT2D eigenvalue weighted by molar-refractivity contribution is 0.293. The normalized spacial score (nSPS) is 11.0. The van der Waals surface area contributed by atoms with Gasteiger partial charge in [0, 0.05) is 6.07 Å². The molecule has 3 heterocycles. The molecule has 0 aliphatic rings. The number of hydrogen-bond donors (Lipinski definition) is 0. The second-order valence-corrected chi connectivity index (χ2v) is 5.43. The molecule has 0 N–H and O–H groups in total. The number of nitrogens with zero attached hydrogens (tertiary/aromatic N) is 5. The van der Waals surface area contributed by atoms with E-state index in [9.17, 15) is 4.79 Å². The molecular formula is C17H15N5O3. The number of hydrogen-bond acceptors (Lipinski definition) is 6. The predicted molar refractivity (Wildman–Crippen MR) is 89.3 cm³/mol. The highest BCUT2D eigenvalue weighted by atomic mass is 16.5. The van der Waals surface area contributed by atoms with Crippen LogP contribution in [0.15, 0.2) is 64.5 Å². The van der Waals surface area contributed by atoms with Gasteiger partial charge >= 0.3 is 0 Å². The van der Waals surface area contributed by atoms with E-state index in [4.69, 9.17) is 9.26 Å². The van der Waals surface area contributed by atoms with Gasteiger partial charge in [-0.05, 0) is 12.1 Å². The molecule has 25 heavy (non-hydrogen) atoms. The lowest BCUT2D eigenvalue weighted by Crippen LogP contribution is -2.21. The first kappa shape index (κ1) is 15.1. The van der Waals surface area contributed by atoms with Gasteiger partial charge in [0.25, 0.3) is 5.56 Å². The molecule has 0 saturated carbocycles. The molecule has 4 aromatic rings. The van der Waals surface area contributed by atoms with Crippen LogP contribution in [0.25, 0.3) is 11.0 Å². The van der Waals surface area contributed by atoms with E-state index < -0.39 is 0 Å². The average Bonchev–Trinajstić information content (AvgIpc) is 3.29. The van der Waals surface area contributed by atoms with Gasteiger partial charge in [-0.15, -0.1) is 0 Å². The van der Waals surface area contributed by atoms with Crippen molar-refractivity contribution in [3.8, 4) is 5.75 Å². The molecule has 8 nitrogen and oxygen atoms in total. The zero-order valence-corrected chi connectivity index (χ0v) is 13.3. The van der Waals surface area contributed by atoms with Crippen molar-refractivity contribution in [2.24, 2.45) is 0 Å². The summed E-state index contributed by atoms with van der Waals surface area (Å²) in [6, 6.07) is 11.3. The molecule has 8 heteroatoms. The van der Waals surface area contributed by atoms with Gasteiger partial charge in [-0.2, -0.15) is 5.10 Å². The van der Waals surface area contributed by atoms with Crippen molar-refractivity contribution in [2.45, 2.75) is 13.1 Å². The minimum absolute atomic E-state index is 0.164. The maximum atomic E-state index is 12.5. The third-order valence-electron chi connectivity index (χ3n) is 3.76. The van der Waals surface area contributed by atoms with Gasteiger partial charge in [-0.1, -0.05) is 23.4 Å². The maximum absolute atomic E-state index is 12.5. The molecule has 0 atom stereocenters. The summed E-state index contributed by atoms with van der Waals surface area (Å²) in [6.07, 6.45) is 4.50. The maximum Gasteiger partial charge on any atom is 0.264 e. The molecule has 0 aliphatic carbocycles. The van der Waals surface area contributed by atoms with E-state index in [-0.39, 0.29) is 5.56 Å². The number of fused-ring (bicyclic) bond motifs is 1. The van der Waals surface area contributed by atoms with Gasteiger partial charge in [0.15, 0.2) is 5.65 Å². The van der Waals surface area contributed by atoms with Crippen LogP contribution >= 0.6 is 0 Å². The van der Waals surface area contributed by atoms with Crippen molar-refractivity contribution >= 4 is 11.0 Å². The Morgan fingerprint density at radius 3 is 2.84 bits per heavy atom. The largest absolute Gasteiger partial charge is 0.492 e. The lowest BCUT2D eigenvalue weighted by Gasteiger charge is -2.07. The smallest absolute Gasteiger partial charge is 0.264 e. The van der Waals surface area contributed by atoms with Gasteiger partial charge in [0.05, 0.1) is 19.3 Å². The number of ether oxygens (including phenoxy) is 1. The Labute approximate surface area is 142 Å². The summed E-state index contributed by atoms with van der Waals surface area (Å²) < 4.78 is 13.6. The molecule has 0 aliphatic heterocycles. The fourth-order valence-corrected chi connectivity index (χ4v) is 2.53. The molecule has 4 rings (SSSR count). The van der Waals surface area contributed by atoms with Crippen LogP contribution in [0.2, 0.25) is 0 Å². The highest BCUT2D eigenvalue weighted by Crippen LogP contribution is 2.10. The summed E-state index contributed by atoms with van der Waals surface area (Å²) in [5.41, 5.74) is 1.04. The Morgan fingerprint density at radius 1 is 1.16 bits per heavy atom. The fourth-order valence-electron chi connectivity index (χ4n) is 2.53. The molecule has 0 unspecified atom stereocenters. The topological polar surface area (TPSA) is 88.0 Å². The number of benzene rings is 1. The zero-order chi connectivity index (χ0) is 17.1. The molecule has 0 bridgehead atoms. The number of para-hydroxylation sites is 1. The monoisotopic (exact) mass is 337 g/mol. The average molecular weight is 337 g/mol. The van der Waals surface area contributed by atoms with Crippen LogP contribution in [0.1, 0.15) is 5.69 Å². The van der Waals surface area contributed by atoms with Gasteiger partial charge in [-0.3, -0.25) is 9.36 Å². The third kappa shape index (κ3) is 3.14. The van der Waals surface area contributed by atoms with Crippen LogP contribution in [0, 0.1) is 0 Å². The molecule has 126 valence electrons. The molecule has 0 radical (unpaired) electrons. The second-order valence-electron chi connectivity index (χ2n) is 5.43. The molecule has 3 aromatic heterocycles. The lowest BCUT2D eigenvalue weighted by atomic mass is 10.3. The molecule has 0 amide bonds. The standard InChI is InChI=1S/C17H15N5O3/c23-17-15-10-19-22(7-9-24-14-4-2-1-3-5-14)16(15)18-12-21(17)11-13-6-8-25-20-13/h1-6,8,10,12H,7,9,11H2. The van der Waals surface area contributed by atoms with Gasteiger partial charge in [0.1, 0.15) is 36.0 Å². The fraction of sp³-hybridized carbons (Fsp3) is 0.176. The van der Waals surface area contributed by atoms with E-state index in [1.807, 2.05) is 30.3 Å². The van der Waals surface area contributed by atoms with Gasteiger partial charge in [-0.25, -0.2) is 9.67 Å². The van der Waals surface area contributed by atoms with Crippen molar-refractivity contribution in [3.05, 3.63) is 71.2 Å². The molecule has 0 spiro atoms. The highest BCUT2D eigenvalue weighted by molar-refractivity contribution is 5.72. The Morgan fingerprint density at radius 2 is 2.04 bits per heavy atom. The first-order valence-electron chi connectivity index (χ1n) is 7.79. The minimum Gasteiger partial charge on any atom is -0.492 e. The molecule has 0 saturated heterocycles. The van der Waals surface area contributed by atoms with Crippen molar-refractivity contribution in [3.63, 3.8) is 0 Å². The van der Waals surface area contributed by atoms with Crippen LogP contribution in [-0.4, -0.2) is 31.1 Å². The SMILES string of the molecule is O=c1c2cnn(CCOc3ccccc3)c2ncn1Cc1ccon1. The Bertz CT molecular complexity index is 1020. The van der Waals surface area contributed by atoms with Crippen molar-refractivity contribution < 1.29 is 9.26 Å². The summed E-state index contributed by atoms with van der Waals surface area (Å²) in [4.78, 5) is 16.9. The van der Waals surface area contributed by atoms with E-state index in [0.717, 1.165) is 5.75 Å². The molecule has 0 fully saturated rings. The van der Waals surface area contributed by atoms with Crippen molar-refractivity contribution in [2.75, 3.05) is 6.61 Å². The summed E-state index contributed by atoms with van der Waals surface area (Å²) >= 11 is 0. The van der Waals surface area contributed by atoms with Crippen LogP contribution in [0.5, 0.6) is 5.75 Å². The van der Waals surface area contributed by atoms with Crippen molar-refractivity contribution in [1.29, 1.82) is 0 Å². The van der Waals surface area contributed by atoms with Gasteiger partial charge in [0.2, 0.25) is 0 Å². The Balaban J connectivity index is 1.51. The third-order valence-corrected chi connectivity index (χ3v) is 3.76.